The standard InChI is InChI=1S/C16H16INO2/c17-8-12-2-1-3-13(6-12)9-18-10-14-4-5-15-16(7-14)20-11-19-15/h1-6,10,18H,7-9,11H2/b14-10-. The Bertz CT molecular complexity index is 590. The third-order valence-electron chi connectivity index (χ3n) is 3.28. The van der Waals surface area contributed by atoms with Crippen LogP contribution in [0, 0.1) is 0 Å². The lowest BCUT2D eigenvalue weighted by molar-refractivity contribution is 0.0736. The molecule has 3 nitrogen and oxygen atoms in total. The van der Waals surface area contributed by atoms with Crippen molar-refractivity contribution in [1.82, 2.24) is 5.32 Å². The molecule has 1 aliphatic heterocycles. The molecular formula is C16H16INO2. The fraction of sp³-hybridized carbons (Fsp3) is 0.250. The summed E-state index contributed by atoms with van der Waals surface area (Å²) in [5.41, 5.74) is 3.87. The van der Waals surface area contributed by atoms with E-state index in [1.54, 1.807) is 0 Å². The van der Waals surface area contributed by atoms with E-state index in [-0.39, 0.29) is 0 Å². The van der Waals surface area contributed by atoms with Gasteiger partial charge in [-0.05, 0) is 22.8 Å². The molecule has 3 rings (SSSR count). The summed E-state index contributed by atoms with van der Waals surface area (Å²) in [7, 11) is 0. The predicted molar refractivity (Wildman–Crippen MR) is 86.9 cm³/mol. The van der Waals surface area contributed by atoms with Crippen LogP contribution in [0.3, 0.4) is 0 Å². The van der Waals surface area contributed by atoms with Gasteiger partial charge >= 0.3 is 0 Å². The Morgan fingerprint density at radius 1 is 1.20 bits per heavy atom. The molecule has 0 fully saturated rings. The van der Waals surface area contributed by atoms with E-state index in [0.29, 0.717) is 6.79 Å². The smallest absolute Gasteiger partial charge is 0.230 e. The quantitative estimate of drug-likeness (QED) is 0.636. The van der Waals surface area contributed by atoms with E-state index in [4.69, 9.17) is 9.47 Å². The van der Waals surface area contributed by atoms with Gasteiger partial charge in [0.25, 0.3) is 0 Å². The third kappa shape index (κ3) is 3.17. The Hall–Kier alpha value is -1.43. The number of ether oxygens (including phenoxy) is 2. The number of allylic oxidation sites excluding steroid dienone is 3. The van der Waals surface area contributed by atoms with Gasteiger partial charge in [0.2, 0.25) is 6.79 Å². The molecule has 0 saturated heterocycles. The van der Waals surface area contributed by atoms with Gasteiger partial charge in [-0.2, -0.15) is 0 Å². The molecule has 20 heavy (non-hydrogen) atoms. The van der Waals surface area contributed by atoms with Gasteiger partial charge in [0.05, 0.1) is 0 Å². The second-order valence-electron chi connectivity index (χ2n) is 4.76. The van der Waals surface area contributed by atoms with Gasteiger partial charge in [-0.3, -0.25) is 0 Å². The zero-order valence-electron chi connectivity index (χ0n) is 11.1. The van der Waals surface area contributed by atoms with E-state index >= 15 is 0 Å². The second-order valence-corrected chi connectivity index (χ2v) is 5.52. The van der Waals surface area contributed by atoms with E-state index in [0.717, 1.165) is 28.9 Å². The molecule has 1 heterocycles. The van der Waals surface area contributed by atoms with Gasteiger partial charge < -0.3 is 14.8 Å². The lowest BCUT2D eigenvalue weighted by Gasteiger charge is -2.09. The number of benzene rings is 1. The molecular weight excluding hydrogens is 365 g/mol. The second kappa shape index (κ2) is 6.35. The Balaban J connectivity index is 1.57. The first-order chi connectivity index (χ1) is 9.85. The summed E-state index contributed by atoms with van der Waals surface area (Å²) in [4.78, 5) is 0. The number of rotatable bonds is 4. The van der Waals surface area contributed by atoms with Crippen molar-refractivity contribution in [3.8, 4) is 0 Å². The minimum absolute atomic E-state index is 0.346. The van der Waals surface area contributed by atoms with Crippen molar-refractivity contribution in [1.29, 1.82) is 0 Å². The first-order valence-corrected chi connectivity index (χ1v) is 8.11. The number of nitrogens with one attached hydrogen (secondary N) is 1. The monoisotopic (exact) mass is 381 g/mol. The molecule has 0 amide bonds. The highest BCUT2D eigenvalue weighted by Gasteiger charge is 2.19. The summed E-state index contributed by atoms with van der Waals surface area (Å²) in [6, 6.07) is 8.65. The first-order valence-electron chi connectivity index (χ1n) is 6.58. The molecule has 0 spiro atoms. The molecule has 0 saturated carbocycles. The van der Waals surface area contributed by atoms with Crippen molar-refractivity contribution in [3.63, 3.8) is 0 Å². The van der Waals surface area contributed by atoms with Crippen molar-refractivity contribution >= 4 is 22.6 Å². The summed E-state index contributed by atoms with van der Waals surface area (Å²) in [6.45, 7) is 1.18. The molecule has 0 unspecified atom stereocenters. The number of halogens is 1. The van der Waals surface area contributed by atoms with Crippen LogP contribution in [-0.4, -0.2) is 6.79 Å². The van der Waals surface area contributed by atoms with Gasteiger partial charge in [-0.25, -0.2) is 0 Å². The third-order valence-corrected chi connectivity index (χ3v) is 4.16. The van der Waals surface area contributed by atoms with Crippen LogP contribution in [0.1, 0.15) is 17.5 Å². The molecule has 0 bridgehead atoms. The summed E-state index contributed by atoms with van der Waals surface area (Å²) in [6.07, 6.45) is 6.89. The van der Waals surface area contributed by atoms with Crippen LogP contribution in [0.25, 0.3) is 0 Å². The average molecular weight is 381 g/mol. The molecule has 0 aromatic heterocycles. The molecule has 1 aromatic carbocycles. The minimum atomic E-state index is 0.346. The Kier molecular flexibility index (Phi) is 4.30. The van der Waals surface area contributed by atoms with Crippen molar-refractivity contribution in [3.05, 3.63) is 70.8 Å². The maximum Gasteiger partial charge on any atom is 0.230 e. The summed E-state index contributed by atoms with van der Waals surface area (Å²) in [5.74, 6) is 1.81. The van der Waals surface area contributed by atoms with Crippen LogP contribution in [-0.2, 0) is 20.4 Å². The fourth-order valence-corrected chi connectivity index (χ4v) is 2.72. The zero-order chi connectivity index (χ0) is 13.8. The van der Waals surface area contributed by atoms with Crippen molar-refractivity contribution < 1.29 is 9.47 Å². The highest BCUT2D eigenvalue weighted by atomic mass is 127. The first kappa shape index (κ1) is 13.5. The maximum atomic E-state index is 5.42. The molecule has 0 radical (unpaired) electrons. The molecule has 1 N–H and O–H groups in total. The molecule has 104 valence electrons. The lowest BCUT2D eigenvalue weighted by Crippen LogP contribution is -2.07. The number of alkyl halides is 1. The molecule has 2 aliphatic rings. The number of hydrogen-bond acceptors (Lipinski definition) is 3. The summed E-state index contributed by atoms with van der Waals surface area (Å²) >= 11 is 2.38. The highest BCUT2D eigenvalue weighted by Crippen LogP contribution is 2.28. The molecule has 0 atom stereocenters. The number of hydrogen-bond donors (Lipinski definition) is 1. The van der Waals surface area contributed by atoms with E-state index in [1.807, 2.05) is 6.08 Å². The minimum Gasteiger partial charge on any atom is -0.458 e. The van der Waals surface area contributed by atoms with E-state index in [2.05, 4.69) is 64.4 Å². The van der Waals surface area contributed by atoms with Gasteiger partial charge in [0, 0.05) is 23.6 Å². The fourth-order valence-electron chi connectivity index (χ4n) is 2.24. The van der Waals surface area contributed by atoms with E-state index in [9.17, 15) is 0 Å². The van der Waals surface area contributed by atoms with Gasteiger partial charge in [-0.15, -0.1) is 0 Å². The van der Waals surface area contributed by atoms with Crippen LogP contribution in [0.15, 0.2) is 59.7 Å². The molecule has 4 heteroatoms. The topological polar surface area (TPSA) is 30.5 Å². The normalized spacial score (nSPS) is 18.8. The largest absolute Gasteiger partial charge is 0.458 e. The Morgan fingerprint density at radius 3 is 3.00 bits per heavy atom. The SMILES string of the molecule is ICc1cccc(CN/C=C2/C=CC3=C(C2)OCO3)c1. The predicted octanol–water partition coefficient (Wildman–Crippen LogP) is 3.77. The van der Waals surface area contributed by atoms with E-state index < -0.39 is 0 Å². The molecule has 1 aliphatic carbocycles. The van der Waals surface area contributed by atoms with Crippen molar-refractivity contribution in [2.24, 2.45) is 0 Å². The van der Waals surface area contributed by atoms with Crippen LogP contribution >= 0.6 is 22.6 Å². The Labute approximate surface area is 132 Å². The van der Waals surface area contributed by atoms with Gasteiger partial charge in [0.1, 0.15) is 5.76 Å². The summed E-state index contributed by atoms with van der Waals surface area (Å²) in [5, 5.41) is 3.37. The Morgan fingerprint density at radius 2 is 2.10 bits per heavy atom. The zero-order valence-corrected chi connectivity index (χ0v) is 13.2. The van der Waals surface area contributed by atoms with Crippen molar-refractivity contribution in [2.45, 2.75) is 17.4 Å². The summed E-state index contributed by atoms with van der Waals surface area (Å²) < 4.78 is 11.8. The van der Waals surface area contributed by atoms with Crippen LogP contribution in [0.4, 0.5) is 0 Å². The van der Waals surface area contributed by atoms with Crippen LogP contribution in [0.2, 0.25) is 0 Å². The van der Waals surface area contributed by atoms with E-state index in [1.165, 1.54) is 16.7 Å². The van der Waals surface area contributed by atoms with Crippen LogP contribution < -0.4 is 5.32 Å². The maximum absolute atomic E-state index is 5.42. The average Bonchev–Trinajstić information content (AvgIpc) is 2.95. The van der Waals surface area contributed by atoms with Gasteiger partial charge in [0.15, 0.2) is 5.76 Å². The van der Waals surface area contributed by atoms with Gasteiger partial charge in [-0.1, -0.05) is 52.9 Å². The lowest BCUT2D eigenvalue weighted by atomic mass is 10.1. The highest BCUT2D eigenvalue weighted by molar-refractivity contribution is 14.1. The van der Waals surface area contributed by atoms with Crippen molar-refractivity contribution in [2.75, 3.05) is 6.79 Å². The molecule has 1 aromatic rings. The van der Waals surface area contributed by atoms with Crippen LogP contribution in [0.5, 0.6) is 0 Å².